The molecule has 1 saturated heterocycles. The minimum absolute atomic E-state index is 0.412. The Morgan fingerprint density at radius 2 is 2.29 bits per heavy atom. The molecule has 0 amide bonds. The zero-order valence-corrected chi connectivity index (χ0v) is 9.59. The first-order chi connectivity index (χ1) is 6.72. The lowest BCUT2D eigenvalue weighted by molar-refractivity contribution is -0.118. The first-order valence-electron chi connectivity index (χ1n) is 5.96. The molecule has 0 bridgehead atoms. The van der Waals surface area contributed by atoms with Gasteiger partial charge in [0.15, 0.2) is 0 Å². The number of ketones is 1. The van der Waals surface area contributed by atoms with Crippen molar-refractivity contribution in [2.75, 3.05) is 19.6 Å². The molecule has 0 saturated carbocycles. The van der Waals surface area contributed by atoms with E-state index in [9.17, 15) is 4.79 Å². The molecule has 2 nitrogen and oxygen atoms in total. The number of hydrogen-bond donors (Lipinski definition) is 0. The molecule has 1 aliphatic rings. The Labute approximate surface area is 87.7 Å². The quantitative estimate of drug-likeness (QED) is 0.675. The molecule has 1 heterocycles. The number of likely N-dealkylation sites (tertiary alicyclic amines) is 1. The summed E-state index contributed by atoms with van der Waals surface area (Å²) in [6, 6.07) is 0. The molecule has 1 atom stereocenters. The summed E-state index contributed by atoms with van der Waals surface area (Å²) in [7, 11) is 0. The van der Waals surface area contributed by atoms with Gasteiger partial charge in [0.05, 0.1) is 0 Å². The van der Waals surface area contributed by atoms with E-state index < -0.39 is 0 Å². The molecule has 0 spiro atoms. The van der Waals surface area contributed by atoms with Gasteiger partial charge in [0.2, 0.25) is 0 Å². The lowest BCUT2D eigenvalue weighted by Gasteiger charge is -2.30. The lowest BCUT2D eigenvalue weighted by atomic mass is 10.00. The summed E-state index contributed by atoms with van der Waals surface area (Å²) < 4.78 is 0. The van der Waals surface area contributed by atoms with E-state index in [1.54, 1.807) is 0 Å². The molecule has 2 heteroatoms. The van der Waals surface area contributed by atoms with Gasteiger partial charge in [-0.3, -0.25) is 4.79 Å². The molecule has 1 rings (SSSR count). The van der Waals surface area contributed by atoms with Gasteiger partial charge in [-0.15, -0.1) is 0 Å². The Kier molecular flexibility index (Phi) is 5.16. The number of piperidine rings is 1. The summed E-state index contributed by atoms with van der Waals surface area (Å²) >= 11 is 0. The molecule has 1 fully saturated rings. The highest BCUT2D eigenvalue weighted by Gasteiger charge is 2.15. The van der Waals surface area contributed by atoms with Crippen molar-refractivity contribution >= 4 is 5.78 Å². The van der Waals surface area contributed by atoms with Crippen LogP contribution in [0.5, 0.6) is 0 Å². The van der Waals surface area contributed by atoms with E-state index in [0.717, 1.165) is 25.3 Å². The molecule has 14 heavy (non-hydrogen) atoms. The molecule has 0 radical (unpaired) electrons. The maximum atomic E-state index is 11.1. The topological polar surface area (TPSA) is 20.3 Å². The van der Waals surface area contributed by atoms with Gasteiger partial charge in [0.1, 0.15) is 5.78 Å². The van der Waals surface area contributed by atoms with Gasteiger partial charge in [0, 0.05) is 19.4 Å². The van der Waals surface area contributed by atoms with E-state index in [2.05, 4.69) is 11.8 Å². The number of carbonyl (C=O) groups is 1. The van der Waals surface area contributed by atoms with Gasteiger partial charge >= 0.3 is 0 Å². The Bertz CT molecular complexity index is 179. The Morgan fingerprint density at radius 3 is 2.93 bits per heavy atom. The van der Waals surface area contributed by atoms with Crippen molar-refractivity contribution < 1.29 is 4.79 Å². The third kappa shape index (κ3) is 4.23. The van der Waals surface area contributed by atoms with Crippen LogP contribution in [-0.2, 0) is 4.79 Å². The Hall–Kier alpha value is -0.370. The van der Waals surface area contributed by atoms with E-state index in [1.165, 1.54) is 25.9 Å². The molecule has 0 aromatic heterocycles. The smallest absolute Gasteiger partial charge is 0.132 e. The van der Waals surface area contributed by atoms with Crippen LogP contribution in [0, 0.1) is 5.92 Å². The zero-order valence-electron chi connectivity index (χ0n) is 9.59. The van der Waals surface area contributed by atoms with Gasteiger partial charge in [-0.2, -0.15) is 0 Å². The van der Waals surface area contributed by atoms with Gasteiger partial charge in [-0.25, -0.2) is 0 Å². The maximum absolute atomic E-state index is 11.1. The summed E-state index contributed by atoms with van der Waals surface area (Å²) in [6.45, 7) is 7.87. The van der Waals surface area contributed by atoms with Crippen molar-refractivity contribution in [2.45, 2.75) is 46.0 Å². The largest absolute Gasteiger partial charge is 0.303 e. The standard InChI is InChI=1S/C12H23NO/c1-3-12(14)7-5-9-13-8-4-6-11(2)10-13/h11H,3-10H2,1-2H3. The fourth-order valence-electron chi connectivity index (χ4n) is 2.17. The highest BCUT2D eigenvalue weighted by Crippen LogP contribution is 2.15. The van der Waals surface area contributed by atoms with Crippen LogP contribution in [-0.4, -0.2) is 30.3 Å². The second-order valence-electron chi connectivity index (χ2n) is 4.54. The van der Waals surface area contributed by atoms with Crippen molar-refractivity contribution in [3.8, 4) is 0 Å². The third-order valence-corrected chi connectivity index (χ3v) is 3.07. The molecule has 1 aliphatic heterocycles. The molecule has 1 unspecified atom stereocenters. The van der Waals surface area contributed by atoms with Crippen LogP contribution in [0.3, 0.4) is 0 Å². The highest BCUT2D eigenvalue weighted by molar-refractivity contribution is 5.77. The van der Waals surface area contributed by atoms with Gasteiger partial charge in [0.25, 0.3) is 0 Å². The molecule has 0 aliphatic carbocycles. The van der Waals surface area contributed by atoms with Crippen molar-refractivity contribution in [3.05, 3.63) is 0 Å². The van der Waals surface area contributed by atoms with Crippen LogP contribution in [0.2, 0.25) is 0 Å². The normalized spacial score (nSPS) is 23.7. The number of nitrogens with zero attached hydrogens (tertiary/aromatic N) is 1. The van der Waals surface area contributed by atoms with Crippen molar-refractivity contribution in [2.24, 2.45) is 5.92 Å². The molecule has 0 N–H and O–H groups in total. The SMILES string of the molecule is CCC(=O)CCCN1CCCC(C)C1. The van der Waals surface area contributed by atoms with Gasteiger partial charge in [-0.05, 0) is 38.3 Å². The van der Waals surface area contributed by atoms with E-state index in [4.69, 9.17) is 0 Å². The average Bonchev–Trinajstić information content (AvgIpc) is 2.17. The van der Waals surface area contributed by atoms with Crippen LogP contribution < -0.4 is 0 Å². The third-order valence-electron chi connectivity index (χ3n) is 3.07. The van der Waals surface area contributed by atoms with E-state index >= 15 is 0 Å². The second-order valence-corrected chi connectivity index (χ2v) is 4.54. The van der Waals surface area contributed by atoms with E-state index in [0.29, 0.717) is 12.2 Å². The summed E-state index contributed by atoms with van der Waals surface area (Å²) in [5.41, 5.74) is 0. The molecular formula is C12H23NO. The second kappa shape index (κ2) is 6.18. The number of rotatable bonds is 5. The van der Waals surface area contributed by atoms with Gasteiger partial charge in [-0.1, -0.05) is 13.8 Å². The molecular weight excluding hydrogens is 174 g/mol. The van der Waals surface area contributed by atoms with Crippen molar-refractivity contribution in [1.29, 1.82) is 0 Å². The molecule has 0 aromatic carbocycles. The Morgan fingerprint density at radius 1 is 1.50 bits per heavy atom. The highest BCUT2D eigenvalue weighted by atomic mass is 16.1. The fraction of sp³-hybridized carbons (Fsp3) is 0.917. The van der Waals surface area contributed by atoms with E-state index in [1.807, 2.05) is 6.92 Å². The predicted octanol–water partition coefficient (Wildman–Crippen LogP) is 2.48. The minimum Gasteiger partial charge on any atom is -0.303 e. The molecule has 0 aromatic rings. The van der Waals surface area contributed by atoms with Crippen molar-refractivity contribution in [1.82, 2.24) is 4.90 Å². The first kappa shape index (κ1) is 11.7. The number of carbonyl (C=O) groups excluding carboxylic acids is 1. The summed E-state index contributed by atoms with van der Waals surface area (Å²) in [5.74, 6) is 1.26. The molecule has 82 valence electrons. The lowest BCUT2D eigenvalue weighted by Crippen LogP contribution is -2.35. The first-order valence-corrected chi connectivity index (χ1v) is 5.96. The van der Waals surface area contributed by atoms with E-state index in [-0.39, 0.29) is 0 Å². The minimum atomic E-state index is 0.412. The summed E-state index contributed by atoms with van der Waals surface area (Å²) in [5, 5.41) is 0. The zero-order chi connectivity index (χ0) is 10.4. The number of Topliss-reactive ketones (excluding diaryl/α,β-unsaturated/α-hetero) is 1. The predicted molar refractivity (Wildman–Crippen MR) is 59.4 cm³/mol. The number of hydrogen-bond acceptors (Lipinski definition) is 2. The van der Waals surface area contributed by atoms with Crippen molar-refractivity contribution in [3.63, 3.8) is 0 Å². The van der Waals surface area contributed by atoms with Crippen LogP contribution >= 0.6 is 0 Å². The Balaban J connectivity index is 2.08. The van der Waals surface area contributed by atoms with Crippen LogP contribution in [0.25, 0.3) is 0 Å². The van der Waals surface area contributed by atoms with Crippen LogP contribution in [0.15, 0.2) is 0 Å². The summed E-state index contributed by atoms with van der Waals surface area (Å²) in [4.78, 5) is 13.6. The maximum Gasteiger partial charge on any atom is 0.132 e. The average molecular weight is 197 g/mol. The van der Waals surface area contributed by atoms with Crippen LogP contribution in [0.1, 0.15) is 46.0 Å². The fourth-order valence-corrected chi connectivity index (χ4v) is 2.17. The van der Waals surface area contributed by atoms with Crippen LogP contribution in [0.4, 0.5) is 0 Å². The monoisotopic (exact) mass is 197 g/mol. The van der Waals surface area contributed by atoms with Gasteiger partial charge < -0.3 is 4.90 Å². The summed E-state index contributed by atoms with van der Waals surface area (Å²) in [6.07, 6.45) is 5.25.